The van der Waals surface area contributed by atoms with E-state index in [0.29, 0.717) is 24.4 Å². The van der Waals surface area contributed by atoms with Crippen molar-refractivity contribution in [3.63, 3.8) is 0 Å². The highest BCUT2D eigenvalue weighted by molar-refractivity contribution is 5.84. The highest BCUT2D eigenvalue weighted by Crippen LogP contribution is 2.24. The van der Waals surface area contributed by atoms with Gasteiger partial charge in [-0.15, -0.1) is 0 Å². The molecule has 0 spiro atoms. The lowest BCUT2D eigenvalue weighted by atomic mass is 10.2. The van der Waals surface area contributed by atoms with E-state index >= 15 is 0 Å². The first-order valence-corrected chi connectivity index (χ1v) is 6.34. The number of nitrogens with zero attached hydrogens (tertiary/aromatic N) is 2. The van der Waals surface area contributed by atoms with Gasteiger partial charge >= 0.3 is 0 Å². The fourth-order valence-corrected chi connectivity index (χ4v) is 1.64. The number of fused-ring (bicyclic) bond motifs is 1. The van der Waals surface area contributed by atoms with Gasteiger partial charge in [-0.05, 0) is 25.0 Å². The van der Waals surface area contributed by atoms with Gasteiger partial charge < -0.3 is 10.1 Å². The average molecular weight is 245 g/mol. The molecule has 0 radical (unpaired) electrons. The molecule has 1 aromatic carbocycles. The summed E-state index contributed by atoms with van der Waals surface area (Å²) in [5.41, 5.74) is 0.905. The van der Waals surface area contributed by atoms with Crippen LogP contribution in [0, 0.1) is 5.92 Å². The maximum Gasteiger partial charge on any atom is 0.226 e. The minimum absolute atomic E-state index is 0.473. The number of benzene rings is 1. The van der Waals surface area contributed by atoms with E-state index < -0.39 is 0 Å². The second-order valence-electron chi connectivity index (χ2n) is 4.60. The molecule has 2 aromatic rings. The van der Waals surface area contributed by atoms with Crippen LogP contribution in [-0.4, -0.2) is 23.1 Å². The Balaban J connectivity index is 2.40. The van der Waals surface area contributed by atoms with E-state index in [-0.39, 0.29) is 0 Å². The predicted octanol–water partition coefficient (Wildman–Crippen LogP) is 3.10. The molecule has 0 saturated carbocycles. The van der Waals surface area contributed by atoms with Crippen molar-refractivity contribution >= 4 is 16.9 Å². The Morgan fingerprint density at radius 3 is 2.72 bits per heavy atom. The topological polar surface area (TPSA) is 47.0 Å². The van der Waals surface area contributed by atoms with Crippen molar-refractivity contribution in [3.8, 4) is 5.88 Å². The van der Waals surface area contributed by atoms with Gasteiger partial charge in [0.05, 0.1) is 17.5 Å². The molecular weight excluding hydrogens is 226 g/mol. The van der Waals surface area contributed by atoms with Crippen LogP contribution < -0.4 is 10.1 Å². The maximum atomic E-state index is 5.78. The fourth-order valence-electron chi connectivity index (χ4n) is 1.64. The Bertz CT molecular complexity index is 525. The molecule has 0 unspecified atom stereocenters. The van der Waals surface area contributed by atoms with E-state index in [4.69, 9.17) is 4.74 Å². The van der Waals surface area contributed by atoms with Gasteiger partial charge in [-0.1, -0.05) is 26.0 Å². The molecule has 4 nitrogen and oxygen atoms in total. The second-order valence-corrected chi connectivity index (χ2v) is 4.60. The number of hydrogen-bond acceptors (Lipinski definition) is 4. The zero-order valence-corrected chi connectivity index (χ0v) is 11.1. The van der Waals surface area contributed by atoms with Crippen LogP contribution in [0.5, 0.6) is 5.88 Å². The van der Waals surface area contributed by atoms with Crippen molar-refractivity contribution in [2.45, 2.75) is 20.8 Å². The summed E-state index contributed by atoms with van der Waals surface area (Å²) in [6.07, 6.45) is 0. The third kappa shape index (κ3) is 2.88. The zero-order valence-electron chi connectivity index (χ0n) is 11.1. The minimum Gasteiger partial charge on any atom is -0.477 e. The van der Waals surface area contributed by atoms with Crippen LogP contribution in [-0.2, 0) is 0 Å². The van der Waals surface area contributed by atoms with Gasteiger partial charge in [-0.2, -0.15) is 4.98 Å². The number of aromatic nitrogens is 2. The molecular formula is C14H19N3O. The predicted molar refractivity (Wildman–Crippen MR) is 74.0 cm³/mol. The number of rotatable bonds is 5. The fraction of sp³-hybridized carbons (Fsp3) is 0.429. The van der Waals surface area contributed by atoms with Crippen LogP contribution in [0.15, 0.2) is 24.3 Å². The Hall–Kier alpha value is -1.84. The third-order valence-electron chi connectivity index (χ3n) is 2.46. The Labute approximate surface area is 107 Å². The average Bonchev–Trinajstić information content (AvgIpc) is 2.36. The van der Waals surface area contributed by atoms with Crippen LogP contribution in [0.1, 0.15) is 20.8 Å². The van der Waals surface area contributed by atoms with E-state index in [1.54, 1.807) is 0 Å². The molecule has 4 heteroatoms. The van der Waals surface area contributed by atoms with E-state index in [9.17, 15) is 0 Å². The summed E-state index contributed by atoms with van der Waals surface area (Å²) >= 11 is 0. The van der Waals surface area contributed by atoms with Crippen LogP contribution in [0.3, 0.4) is 0 Å². The molecule has 0 saturated heterocycles. The SMILES string of the molecule is CCNc1nc(OCC(C)C)c2ccccc2n1. The van der Waals surface area contributed by atoms with Crippen LogP contribution >= 0.6 is 0 Å². The van der Waals surface area contributed by atoms with Gasteiger partial charge in [0.1, 0.15) is 0 Å². The molecule has 18 heavy (non-hydrogen) atoms. The summed E-state index contributed by atoms with van der Waals surface area (Å²) in [7, 11) is 0. The van der Waals surface area contributed by atoms with E-state index in [0.717, 1.165) is 17.4 Å². The first-order chi connectivity index (χ1) is 8.70. The molecule has 0 aliphatic rings. The van der Waals surface area contributed by atoms with Crippen molar-refractivity contribution in [2.24, 2.45) is 5.92 Å². The summed E-state index contributed by atoms with van der Waals surface area (Å²) in [4.78, 5) is 8.87. The lowest BCUT2D eigenvalue weighted by Crippen LogP contribution is -2.09. The monoisotopic (exact) mass is 245 g/mol. The van der Waals surface area contributed by atoms with Crippen molar-refractivity contribution in [2.75, 3.05) is 18.5 Å². The summed E-state index contributed by atoms with van der Waals surface area (Å²) in [6, 6.07) is 7.90. The van der Waals surface area contributed by atoms with Gasteiger partial charge in [0.25, 0.3) is 0 Å². The first kappa shape index (κ1) is 12.6. The van der Waals surface area contributed by atoms with Gasteiger partial charge in [-0.25, -0.2) is 4.98 Å². The molecule has 0 fully saturated rings. The molecule has 1 aromatic heterocycles. The molecule has 0 bridgehead atoms. The first-order valence-electron chi connectivity index (χ1n) is 6.34. The van der Waals surface area contributed by atoms with Crippen molar-refractivity contribution in [3.05, 3.63) is 24.3 Å². The van der Waals surface area contributed by atoms with Crippen molar-refractivity contribution in [1.29, 1.82) is 0 Å². The zero-order chi connectivity index (χ0) is 13.0. The Kier molecular flexibility index (Phi) is 3.97. The molecule has 0 aliphatic heterocycles. The van der Waals surface area contributed by atoms with Gasteiger partial charge in [0, 0.05) is 6.54 Å². The summed E-state index contributed by atoms with van der Waals surface area (Å²) in [6.45, 7) is 7.71. The third-order valence-corrected chi connectivity index (χ3v) is 2.46. The standard InChI is InChI=1S/C14H19N3O/c1-4-15-14-16-12-8-6-5-7-11(12)13(17-14)18-9-10(2)3/h5-8,10H,4,9H2,1-3H3,(H,15,16,17). The van der Waals surface area contributed by atoms with E-state index in [2.05, 4.69) is 29.1 Å². The van der Waals surface area contributed by atoms with E-state index in [1.807, 2.05) is 31.2 Å². The lowest BCUT2D eigenvalue weighted by molar-refractivity contribution is 0.264. The Morgan fingerprint density at radius 1 is 1.22 bits per heavy atom. The minimum atomic E-state index is 0.473. The highest BCUT2D eigenvalue weighted by Gasteiger charge is 2.08. The Morgan fingerprint density at radius 2 is 2.00 bits per heavy atom. The summed E-state index contributed by atoms with van der Waals surface area (Å²) < 4.78 is 5.78. The number of hydrogen-bond donors (Lipinski definition) is 1. The molecule has 96 valence electrons. The van der Waals surface area contributed by atoms with Crippen LogP contribution in [0.4, 0.5) is 5.95 Å². The molecule has 0 aliphatic carbocycles. The number of nitrogens with one attached hydrogen (secondary N) is 1. The number of para-hydroxylation sites is 1. The molecule has 2 rings (SSSR count). The van der Waals surface area contributed by atoms with Gasteiger partial charge in [0.15, 0.2) is 0 Å². The maximum absolute atomic E-state index is 5.78. The molecule has 1 heterocycles. The summed E-state index contributed by atoms with van der Waals surface area (Å²) in [5.74, 6) is 1.75. The smallest absolute Gasteiger partial charge is 0.226 e. The summed E-state index contributed by atoms with van der Waals surface area (Å²) in [5, 5.41) is 4.08. The van der Waals surface area contributed by atoms with E-state index in [1.165, 1.54) is 0 Å². The number of ether oxygens (including phenoxy) is 1. The highest BCUT2D eigenvalue weighted by atomic mass is 16.5. The number of anilines is 1. The van der Waals surface area contributed by atoms with Gasteiger partial charge in [-0.3, -0.25) is 0 Å². The van der Waals surface area contributed by atoms with Gasteiger partial charge in [0.2, 0.25) is 11.8 Å². The lowest BCUT2D eigenvalue weighted by Gasteiger charge is -2.11. The largest absolute Gasteiger partial charge is 0.477 e. The quantitative estimate of drug-likeness (QED) is 0.879. The molecule has 1 N–H and O–H groups in total. The van der Waals surface area contributed by atoms with Crippen LogP contribution in [0.25, 0.3) is 10.9 Å². The van der Waals surface area contributed by atoms with Crippen molar-refractivity contribution in [1.82, 2.24) is 9.97 Å². The van der Waals surface area contributed by atoms with Crippen molar-refractivity contribution < 1.29 is 4.74 Å². The van der Waals surface area contributed by atoms with Crippen LogP contribution in [0.2, 0.25) is 0 Å². The second kappa shape index (κ2) is 5.67. The normalized spacial score (nSPS) is 10.9. The molecule has 0 atom stereocenters. The molecule has 0 amide bonds.